The number of carbonyl (C=O) groups excluding carboxylic acids is 1. The fourth-order valence-electron chi connectivity index (χ4n) is 2.19. The molecule has 1 amide bonds. The summed E-state index contributed by atoms with van der Waals surface area (Å²) in [6.07, 6.45) is -4.98. The van der Waals surface area contributed by atoms with Crippen molar-refractivity contribution in [3.63, 3.8) is 0 Å². The minimum atomic E-state index is -4.98. The first kappa shape index (κ1) is 22.2. The first-order chi connectivity index (χ1) is 13.4. The minimum Gasteiger partial charge on any atom is -0.351 e. The molecule has 0 atom stereocenters. The van der Waals surface area contributed by atoms with Crippen molar-refractivity contribution in [2.75, 3.05) is 13.1 Å². The van der Waals surface area contributed by atoms with Gasteiger partial charge in [-0.05, 0) is 24.3 Å². The first-order valence-corrected chi connectivity index (χ1v) is 9.29. The summed E-state index contributed by atoms with van der Waals surface area (Å²) in [7, 11) is -4.11. The maximum Gasteiger partial charge on any atom is 0.419 e. The van der Waals surface area contributed by atoms with Crippen LogP contribution < -0.4 is 10.0 Å². The van der Waals surface area contributed by atoms with Gasteiger partial charge in [-0.15, -0.1) is 0 Å². The van der Waals surface area contributed by atoms with E-state index < -0.39 is 49.7 Å². The monoisotopic (exact) mass is 435 g/mol. The minimum absolute atomic E-state index is 0.300. The third kappa shape index (κ3) is 5.71. The predicted octanol–water partition coefficient (Wildman–Crippen LogP) is 2.46. The van der Waals surface area contributed by atoms with E-state index in [4.69, 9.17) is 0 Å². The van der Waals surface area contributed by atoms with Crippen LogP contribution >= 0.6 is 0 Å². The zero-order valence-electron chi connectivity index (χ0n) is 14.4. The number of nitrogens with zero attached hydrogens (tertiary/aromatic N) is 1. The van der Waals surface area contributed by atoms with E-state index >= 15 is 0 Å². The molecule has 0 aliphatic rings. The van der Waals surface area contributed by atoms with Crippen LogP contribution in [0.2, 0.25) is 0 Å². The fraction of sp³-hybridized carbons (Fsp3) is 0.188. The third-order valence-electron chi connectivity index (χ3n) is 3.58. The van der Waals surface area contributed by atoms with E-state index in [9.17, 15) is 40.9 Å². The highest BCUT2D eigenvalue weighted by molar-refractivity contribution is 7.89. The smallest absolute Gasteiger partial charge is 0.351 e. The molecule has 156 valence electrons. The summed E-state index contributed by atoms with van der Waals surface area (Å²) >= 11 is 0. The summed E-state index contributed by atoms with van der Waals surface area (Å²) in [6.45, 7) is -0.643. The van der Waals surface area contributed by atoms with Crippen molar-refractivity contribution in [1.82, 2.24) is 10.0 Å². The van der Waals surface area contributed by atoms with E-state index in [2.05, 4.69) is 10.0 Å². The summed E-state index contributed by atoms with van der Waals surface area (Å²) in [6, 6.07) is 5.97. The lowest BCUT2D eigenvalue weighted by molar-refractivity contribution is -0.385. The van der Waals surface area contributed by atoms with Crippen molar-refractivity contribution in [2.24, 2.45) is 0 Å². The van der Waals surface area contributed by atoms with Gasteiger partial charge in [-0.2, -0.15) is 13.2 Å². The molecule has 0 aliphatic carbocycles. The number of nitrogens with one attached hydrogen (secondary N) is 2. The molecule has 0 saturated carbocycles. The largest absolute Gasteiger partial charge is 0.419 e. The van der Waals surface area contributed by atoms with Crippen LogP contribution in [-0.4, -0.2) is 32.3 Å². The molecule has 0 unspecified atom stereocenters. The van der Waals surface area contributed by atoms with E-state index in [1.165, 1.54) is 6.07 Å². The van der Waals surface area contributed by atoms with Gasteiger partial charge >= 0.3 is 6.18 Å². The second-order valence-electron chi connectivity index (χ2n) is 5.60. The molecule has 0 bridgehead atoms. The van der Waals surface area contributed by atoms with Gasteiger partial charge in [-0.3, -0.25) is 14.9 Å². The van der Waals surface area contributed by atoms with Gasteiger partial charge in [0.05, 0.1) is 15.4 Å². The molecule has 8 nitrogen and oxygen atoms in total. The van der Waals surface area contributed by atoms with Gasteiger partial charge in [0.15, 0.2) is 0 Å². The number of hydrogen-bond donors (Lipinski definition) is 2. The number of rotatable bonds is 7. The molecule has 2 aromatic rings. The summed E-state index contributed by atoms with van der Waals surface area (Å²) < 4.78 is 77.6. The Kier molecular flexibility index (Phi) is 6.54. The molecule has 0 saturated heterocycles. The van der Waals surface area contributed by atoms with Crippen LogP contribution in [0.1, 0.15) is 15.9 Å². The van der Waals surface area contributed by atoms with Gasteiger partial charge in [0.2, 0.25) is 10.0 Å². The molecule has 0 fully saturated rings. The van der Waals surface area contributed by atoms with E-state index in [0.29, 0.717) is 12.1 Å². The van der Waals surface area contributed by atoms with Crippen LogP contribution in [0.3, 0.4) is 0 Å². The average Bonchev–Trinajstić information content (AvgIpc) is 2.64. The van der Waals surface area contributed by atoms with E-state index in [1.807, 2.05) is 0 Å². The van der Waals surface area contributed by atoms with Crippen molar-refractivity contribution < 1.29 is 35.7 Å². The molecule has 13 heteroatoms. The van der Waals surface area contributed by atoms with E-state index in [0.717, 1.165) is 24.3 Å². The number of carbonyl (C=O) groups is 1. The van der Waals surface area contributed by atoms with Crippen LogP contribution in [-0.2, 0) is 16.2 Å². The average molecular weight is 435 g/mol. The summed E-state index contributed by atoms with van der Waals surface area (Å²) in [5, 5.41) is 12.9. The van der Waals surface area contributed by atoms with Gasteiger partial charge in [-0.1, -0.05) is 6.07 Å². The second-order valence-corrected chi connectivity index (χ2v) is 7.37. The van der Waals surface area contributed by atoms with Crippen LogP contribution in [0.25, 0.3) is 0 Å². The Morgan fingerprint density at radius 1 is 1.10 bits per heavy atom. The number of benzene rings is 2. The van der Waals surface area contributed by atoms with Crippen LogP contribution in [0, 0.1) is 15.9 Å². The van der Waals surface area contributed by atoms with E-state index in [1.54, 1.807) is 0 Å². The Balaban J connectivity index is 1.97. The number of halogens is 4. The molecular formula is C16H13F4N3O5S. The van der Waals surface area contributed by atoms with Crippen molar-refractivity contribution in [1.29, 1.82) is 0 Å². The Hall–Kier alpha value is -3.06. The highest BCUT2D eigenvalue weighted by Crippen LogP contribution is 2.31. The highest BCUT2D eigenvalue weighted by atomic mass is 32.2. The summed E-state index contributed by atoms with van der Waals surface area (Å²) in [5.41, 5.74) is -2.49. The Morgan fingerprint density at radius 2 is 1.79 bits per heavy atom. The predicted molar refractivity (Wildman–Crippen MR) is 92.0 cm³/mol. The van der Waals surface area contributed by atoms with Crippen molar-refractivity contribution in [3.8, 4) is 0 Å². The van der Waals surface area contributed by atoms with Crippen LogP contribution in [0.5, 0.6) is 0 Å². The number of non-ortho nitro benzene ring substituents is 1. The lowest BCUT2D eigenvalue weighted by atomic mass is 10.1. The highest BCUT2D eigenvalue weighted by Gasteiger charge is 2.34. The number of hydrogen-bond acceptors (Lipinski definition) is 5. The van der Waals surface area contributed by atoms with Gasteiger partial charge in [0.1, 0.15) is 5.82 Å². The molecule has 0 aromatic heterocycles. The van der Waals surface area contributed by atoms with Crippen LogP contribution in [0.15, 0.2) is 47.4 Å². The Morgan fingerprint density at radius 3 is 2.41 bits per heavy atom. The lowest BCUT2D eigenvalue weighted by Crippen LogP contribution is -2.34. The topological polar surface area (TPSA) is 118 Å². The zero-order valence-corrected chi connectivity index (χ0v) is 15.2. The summed E-state index contributed by atoms with van der Waals surface area (Å²) in [4.78, 5) is 21.5. The molecule has 0 aliphatic heterocycles. The van der Waals surface area contributed by atoms with Gasteiger partial charge in [-0.25, -0.2) is 17.5 Å². The molecule has 2 rings (SSSR count). The number of amides is 1. The number of sulfonamides is 1. The molecular weight excluding hydrogens is 422 g/mol. The first-order valence-electron chi connectivity index (χ1n) is 7.81. The maximum atomic E-state index is 13.2. The van der Waals surface area contributed by atoms with Crippen molar-refractivity contribution in [2.45, 2.75) is 11.1 Å². The Bertz CT molecular complexity index is 1040. The van der Waals surface area contributed by atoms with E-state index in [-0.39, 0.29) is 18.0 Å². The fourth-order valence-corrected chi connectivity index (χ4v) is 3.27. The van der Waals surface area contributed by atoms with Crippen molar-refractivity contribution in [3.05, 3.63) is 69.5 Å². The van der Waals surface area contributed by atoms with Gasteiger partial charge in [0, 0.05) is 30.8 Å². The standard InChI is InChI=1S/C16H13F4N3O5S/c17-14-5-4-10(8-13(14)16(18,19)20)15(24)21-6-7-22-29(27,28)12-3-1-2-11(9-12)23(25)26/h1-5,8-9,22H,6-7H2,(H,21,24). The summed E-state index contributed by atoms with van der Waals surface area (Å²) in [5.74, 6) is -2.50. The third-order valence-corrected chi connectivity index (χ3v) is 5.03. The molecule has 0 spiro atoms. The number of nitro groups is 1. The number of nitro benzene ring substituents is 1. The second kappa shape index (κ2) is 8.53. The van der Waals surface area contributed by atoms with Gasteiger partial charge < -0.3 is 5.32 Å². The molecule has 2 N–H and O–H groups in total. The normalized spacial score (nSPS) is 11.9. The molecule has 29 heavy (non-hydrogen) atoms. The quantitative estimate of drug-likeness (QED) is 0.300. The molecule has 0 heterocycles. The molecule has 0 radical (unpaired) electrons. The SMILES string of the molecule is O=C(NCCNS(=O)(=O)c1cccc([N+](=O)[O-])c1)c1ccc(F)c(C(F)(F)F)c1. The van der Waals surface area contributed by atoms with Crippen molar-refractivity contribution >= 4 is 21.6 Å². The molecule has 2 aromatic carbocycles. The number of alkyl halides is 3. The zero-order chi connectivity index (χ0) is 21.8. The van der Waals surface area contributed by atoms with Crippen LogP contribution in [0.4, 0.5) is 23.2 Å². The maximum absolute atomic E-state index is 13.2. The van der Waals surface area contributed by atoms with Gasteiger partial charge in [0.25, 0.3) is 11.6 Å². The lowest BCUT2D eigenvalue weighted by Gasteiger charge is -2.11. The Labute approximate surface area is 161 Å².